The van der Waals surface area contributed by atoms with Crippen LogP contribution in [-0.2, 0) is 6.54 Å². The number of nitrogens with zero attached hydrogens (tertiary/aromatic N) is 3. The van der Waals surface area contributed by atoms with Crippen molar-refractivity contribution in [2.45, 2.75) is 26.8 Å². The number of benzene rings is 1. The summed E-state index contributed by atoms with van der Waals surface area (Å²) in [5, 5.41) is 10.3. The Morgan fingerprint density at radius 1 is 1.25 bits per heavy atom. The SMILES string of the molecule is Cc1cc(C)n(CCCNc2snc3ccccc23)n1. The van der Waals surface area contributed by atoms with Crippen molar-refractivity contribution in [1.29, 1.82) is 0 Å². The number of anilines is 1. The Labute approximate surface area is 122 Å². The lowest BCUT2D eigenvalue weighted by Crippen LogP contribution is -2.08. The Morgan fingerprint density at radius 2 is 2.10 bits per heavy atom. The largest absolute Gasteiger partial charge is 0.375 e. The van der Waals surface area contributed by atoms with Gasteiger partial charge in [0.15, 0.2) is 0 Å². The fourth-order valence-electron chi connectivity index (χ4n) is 2.35. The van der Waals surface area contributed by atoms with Crippen molar-refractivity contribution in [3.63, 3.8) is 0 Å². The molecule has 0 bridgehead atoms. The molecule has 0 unspecified atom stereocenters. The molecule has 2 aromatic heterocycles. The van der Waals surface area contributed by atoms with E-state index in [9.17, 15) is 0 Å². The lowest BCUT2D eigenvalue weighted by molar-refractivity contribution is 0.574. The number of hydrogen-bond acceptors (Lipinski definition) is 4. The molecule has 1 N–H and O–H groups in total. The standard InChI is InChI=1S/C15H18N4S/c1-11-10-12(2)19(17-11)9-5-8-16-15-13-6-3-4-7-14(13)18-20-15/h3-4,6-7,10,16H,5,8-9H2,1-2H3. The summed E-state index contributed by atoms with van der Waals surface area (Å²) in [6.45, 7) is 6.02. The highest BCUT2D eigenvalue weighted by Gasteiger charge is 2.04. The van der Waals surface area contributed by atoms with Gasteiger partial charge in [-0.1, -0.05) is 12.1 Å². The summed E-state index contributed by atoms with van der Waals surface area (Å²) in [7, 11) is 0. The van der Waals surface area contributed by atoms with E-state index in [0.717, 1.165) is 35.7 Å². The first-order valence-electron chi connectivity index (χ1n) is 6.83. The zero-order chi connectivity index (χ0) is 13.9. The Morgan fingerprint density at radius 3 is 2.90 bits per heavy atom. The van der Waals surface area contributed by atoms with Crippen LogP contribution >= 0.6 is 11.5 Å². The zero-order valence-electron chi connectivity index (χ0n) is 11.8. The molecule has 104 valence electrons. The molecule has 0 atom stereocenters. The number of nitrogens with one attached hydrogen (secondary N) is 1. The highest BCUT2D eigenvalue weighted by atomic mass is 32.1. The van der Waals surface area contributed by atoms with Crippen LogP contribution in [-0.4, -0.2) is 20.7 Å². The normalized spacial score (nSPS) is 11.1. The molecule has 0 aliphatic rings. The molecule has 3 rings (SSSR count). The number of rotatable bonds is 5. The van der Waals surface area contributed by atoms with Gasteiger partial charge < -0.3 is 5.32 Å². The van der Waals surface area contributed by atoms with E-state index in [4.69, 9.17) is 0 Å². The summed E-state index contributed by atoms with van der Waals surface area (Å²) < 4.78 is 6.51. The maximum Gasteiger partial charge on any atom is 0.117 e. The number of aromatic nitrogens is 3. The Hall–Kier alpha value is -1.88. The van der Waals surface area contributed by atoms with Gasteiger partial charge in [0, 0.05) is 24.2 Å². The van der Waals surface area contributed by atoms with E-state index < -0.39 is 0 Å². The summed E-state index contributed by atoms with van der Waals surface area (Å²) in [4.78, 5) is 0. The van der Waals surface area contributed by atoms with Gasteiger partial charge in [0.05, 0.1) is 11.2 Å². The maximum atomic E-state index is 4.47. The smallest absolute Gasteiger partial charge is 0.117 e. The van der Waals surface area contributed by atoms with Crippen LogP contribution in [0, 0.1) is 13.8 Å². The van der Waals surface area contributed by atoms with E-state index in [-0.39, 0.29) is 0 Å². The molecule has 0 fully saturated rings. The van der Waals surface area contributed by atoms with E-state index in [1.807, 2.05) is 19.1 Å². The zero-order valence-corrected chi connectivity index (χ0v) is 12.6. The molecule has 0 spiro atoms. The van der Waals surface area contributed by atoms with Crippen LogP contribution in [0.15, 0.2) is 30.3 Å². The summed E-state index contributed by atoms with van der Waals surface area (Å²) in [5.74, 6) is 0. The van der Waals surface area contributed by atoms with Crippen LogP contribution in [0.5, 0.6) is 0 Å². The van der Waals surface area contributed by atoms with Gasteiger partial charge in [-0.25, -0.2) is 0 Å². The summed E-state index contributed by atoms with van der Waals surface area (Å²) >= 11 is 1.53. The van der Waals surface area contributed by atoms with Crippen molar-refractivity contribution >= 4 is 27.4 Å². The Bertz CT molecular complexity index is 714. The van der Waals surface area contributed by atoms with Gasteiger partial charge in [0.2, 0.25) is 0 Å². The third-order valence-corrected chi connectivity index (χ3v) is 4.15. The van der Waals surface area contributed by atoms with Crippen LogP contribution in [0.25, 0.3) is 10.9 Å². The minimum atomic E-state index is 0.935. The quantitative estimate of drug-likeness (QED) is 0.729. The lowest BCUT2D eigenvalue weighted by atomic mass is 10.2. The topological polar surface area (TPSA) is 42.7 Å². The number of fused-ring (bicyclic) bond motifs is 1. The van der Waals surface area contributed by atoms with Gasteiger partial charge in [-0.05, 0) is 50.0 Å². The first-order valence-corrected chi connectivity index (χ1v) is 7.61. The molecule has 3 aromatic rings. The highest BCUT2D eigenvalue weighted by molar-refractivity contribution is 7.11. The van der Waals surface area contributed by atoms with E-state index >= 15 is 0 Å². The first-order chi connectivity index (χ1) is 9.74. The van der Waals surface area contributed by atoms with Crippen LogP contribution < -0.4 is 5.32 Å². The van der Waals surface area contributed by atoms with Crippen LogP contribution in [0.1, 0.15) is 17.8 Å². The summed E-state index contributed by atoms with van der Waals surface area (Å²) in [6, 6.07) is 10.4. The second kappa shape index (κ2) is 5.63. The van der Waals surface area contributed by atoms with E-state index in [2.05, 4.69) is 44.6 Å². The molecule has 2 heterocycles. The van der Waals surface area contributed by atoms with Crippen molar-refractivity contribution < 1.29 is 0 Å². The van der Waals surface area contributed by atoms with Gasteiger partial charge in [-0.2, -0.15) is 9.47 Å². The molecule has 0 radical (unpaired) electrons. The number of hydrogen-bond donors (Lipinski definition) is 1. The highest BCUT2D eigenvalue weighted by Crippen LogP contribution is 2.26. The fraction of sp³-hybridized carbons (Fsp3) is 0.333. The molecule has 0 saturated carbocycles. The van der Waals surface area contributed by atoms with Crippen molar-refractivity contribution in [3.8, 4) is 0 Å². The minimum Gasteiger partial charge on any atom is -0.375 e. The van der Waals surface area contributed by atoms with Crippen molar-refractivity contribution in [2.75, 3.05) is 11.9 Å². The van der Waals surface area contributed by atoms with Gasteiger partial charge in [-0.3, -0.25) is 4.68 Å². The molecule has 0 saturated heterocycles. The molecular formula is C15H18N4S. The van der Waals surface area contributed by atoms with E-state index in [1.54, 1.807) is 0 Å². The molecule has 0 aliphatic heterocycles. The van der Waals surface area contributed by atoms with Crippen LogP contribution in [0.4, 0.5) is 5.00 Å². The third-order valence-electron chi connectivity index (χ3n) is 3.32. The average Bonchev–Trinajstić information content (AvgIpc) is 2.99. The molecule has 5 heteroatoms. The molecule has 1 aromatic carbocycles. The Kier molecular flexibility index (Phi) is 3.69. The average molecular weight is 286 g/mol. The van der Waals surface area contributed by atoms with Gasteiger partial charge >= 0.3 is 0 Å². The summed E-state index contributed by atoms with van der Waals surface area (Å²) in [5.41, 5.74) is 3.38. The van der Waals surface area contributed by atoms with Gasteiger partial charge in [0.1, 0.15) is 5.00 Å². The van der Waals surface area contributed by atoms with E-state index in [1.165, 1.54) is 22.6 Å². The summed E-state index contributed by atoms with van der Waals surface area (Å²) in [6.07, 6.45) is 1.05. The van der Waals surface area contributed by atoms with Crippen molar-refractivity contribution in [1.82, 2.24) is 14.2 Å². The van der Waals surface area contributed by atoms with Crippen molar-refractivity contribution in [2.24, 2.45) is 0 Å². The molecule has 4 nitrogen and oxygen atoms in total. The predicted octanol–water partition coefficient (Wildman–Crippen LogP) is 3.61. The lowest BCUT2D eigenvalue weighted by Gasteiger charge is -2.06. The van der Waals surface area contributed by atoms with Crippen LogP contribution in [0.2, 0.25) is 0 Å². The van der Waals surface area contributed by atoms with Crippen LogP contribution in [0.3, 0.4) is 0 Å². The fourth-order valence-corrected chi connectivity index (χ4v) is 3.14. The van der Waals surface area contributed by atoms with Gasteiger partial charge in [0.25, 0.3) is 0 Å². The molecular weight excluding hydrogens is 268 g/mol. The third kappa shape index (κ3) is 2.67. The number of aryl methyl sites for hydroxylation is 3. The Balaban J connectivity index is 1.56. The monoisotopic (exact) mass is 286 g/mol. The molecule has 0 aliphatic carbocycles. The maximum absolute atomic E-state index is 4.47. The van der Waals surface area contributed by atoms with Crippen molar-refractivity contribution in [3.05, 3.63) is 41.7 Å². The van der Waals surface area contributed by atoms with Gasteiger partial charge in [-0.15, -0.1) is 0 Å². The first kappa shape index (κ1) is 13.1. The predicted molar refractivity (Wildman–Crippen MR) is 84.4 cm³/mol. The second-order valence-electron chi connectivity index (χ2n) is 4.96. The van der Waals surface area contributed by atoms with E-state index in [0.29, 0.717) is 0 Å². The molecule has 20 heavy (non-hydrogen) atoms. The molecule has 0 amide bonds. The minimum absolute atomic E-state index is 0.935. The second-order valence-corrected chi connectivity index (χ2v) is 5.73.